The van der Waals surface area contributed by atoms with Gasteiger partial charge in [-0.05, 0) is 48.9 Å². The lowest BCUT2D eigenvalue weighted by Gasteiger charge is -2.17. The van der Waals surface area contributed by atoms with Crippen molar-refractivity contribution < 1.29 is 24.9 Å². The predicted molar refractivity (Wildman–Crippen MR) is 129 cm³/mol. The van der Waals surface area contributed by atoms with Gasteiger partial charge < -0.3 is 20.1 Å². The highest BCUT2D eigenvalue weighted by atomic mass is 16.5. The lowest BCUT2D eigenvalue weighted by atomic mass is 9.94. The third kappa shape index (κ3) is 8.42. The average Bonchev–Trinajstić information content (AvgIpc) is 3.31. The highest BCUT2D eigenvalue weighted by Gasteiger charge is 2.16. The van der Waals surface area contributed by atoms with E-state index < -0.39 is 18.3 Å². The second-order valence-electron chi connectivity index (χ2n) is 8.33. The zero-order chi connectivity index (χ0) is 24.2. The molecule has 0 aliphatic rings. The summed E-state index contributed by atoms with van der Waals surface area (Å²) in [5, 5.41) is 35.8. The molecule has 0 saturated carbocycles. The minimum absolute atomic E-state index is 0.246. The fourth-order valence-electron chi connectivity index (χ4n) is 3.69. The summed E-state index contributed by atoms with van der Waals surface area (Å²) >= 11 is 0. The molecule has 0 saturated heterocycles. The van der Waals surface area contributed by atoms with E-state index in [1.807, 2.05) is 36.0 Å². The van der Waals surface area contributed by atoms with Crippen LogP contribution in [-0.2, 0) is 16.1 Å². The van der Waals surface area contributed by atoms with Gasteiger partial charge in [0.2, 0.25) is 0 Å². The Morgan fingerprint density at radius 2 is 1.91 bits per heavy atom. The first kappa shape index (κ1) is 26.8. The molecular formula is C26H38N2O5. The summed E-state index contributed by atoms with van der Waals surface area (Å²) in [4.78, 5) is 11.4. The second-order valence-corrected chi connectivity index (χ2v) is 8.33. The molecule has 1 aromatic carbocycles. The Hall–Kier alpha value is -2.48. The van der Waals surface area contributed by atoms with Crippen LogP contribution in [0.4, 0.5) is 0 Å². The van der Waals surface area contributed by atoms with Crippen LogP contribution >= 0.6 is 0 Å². The van der Waals surface area contributed by atoms with Crippen LogP contribution in [0.5, 0.6) is 0 Å². The van der Waals surface area contributed by atoms with Crippen LogP contribution in [0, 0.1) is 0 Å². The SMILES string of the molecule is CCCCC[C@H](O)[C@H](O)/C=C/c1cc(-c2cnn(CC)c2)ccc1C(O)CCCC(=O)OC. The monoisotopic (exact) mass is 458 g/mol. The van der Waals surface area contributed by atoms with Gasteiger partial charge in [-0.15, -0.1) is 0 Å². The first-order valence-electron chi connectivity index (χ1n) is 11.9. The predicted octanol–water partition coefficient (Wildman–Crippen LogP) is 4.26. The van der Waals surface area contributed by atoms with Gasteiger partial charge in [-0.1, -0.05) is 50.5 Å². The standard InChI is InChI=1S/C26H38N2O5/c1-4-6-7-9-24(30)25(31)15-13-20-16-19(21-17-27-28(5-2)18-21)12-14-22(20)23(29)10-8-11-26(32)33-3/h12-18,23-25,29-31H,4-11H2,1-3H3/b15-13+/t23?,24-,25+/m0/s1. The van der Waals surface area contributed by atoms with Gasteiger partial charge in [0.25, 0.3) is 0 Å². The summed E-state index contributed by atoms with van der Waals surface area (Å²) < 4.78 is 6.51. The summed E-state index contributed by atoms with van der Waals surface area (Å²) in [6, 6.07) is 5.75. The summed E-state index contributed by atoms with van der Waals surface area (Å²) in [5.74, 6) is -0.300. The van der Waals surface area contributed by atoms with Gasteiger partial charge in [0.15, 0.2) is 0 Å². The largest absolute Gasteiger partial charge is 0.469 e. The summed E-state index contributed by atoms with van der Waals surface area (Å²) in [6.45, 7) is 4.88. The van der Waals surface area contributed by atoms with E-state index in [1.54, 1.807) is 18.3 Å². The lowest BCUT2D eigenvalue weighted by molar-refractivity contribution is -0.140. The van der Waals surface area contributed by atoms with Gasteiger partial charge in [-0.2, -0.15) is 5.10 Å². The quantitative estimate of drug-likeness (QED) is 0.289. The van der Waals surface area contributed by atoms with Crippen molar-refractivity contribution in [3.8, 4) is 11.1 Å². The number of nitrogens with zero attached hydrogens (tertiary/aromatic N) is 2. The molecule has 7 nitrogen and oxygen atoms in total. The lowest BCUT2D eigenvalue weighted by Crippen LogP contribution is -2.23. The molecule has 2 rings (SSSR count). The number of aryl methyl sites for hydroxylation is 1. The Labute approximate surface area is 196 Å². The van der Waals surface area contributed by atoms with Crippen molar-refractivity contribution in [1.82, 2.24) is 9.78 Å². The molecule has 0 bridgehead atoms. The Balaban J connectivity index is 2.24. The molecule has 0 aliphatic carbocycles. The van der Waals surface area contributed by atoms with Gasteiger partial charge in [-0.3, -0.25) is 9.48 Å². The minimum Gasteiger partial charge on any atom is -0.469 e. The molecule has 0 spiro atoms. The van der Waals surface area contributed by atoms with Crippen LogP contribution in [0.2, 0.25) is 0 Å². The number of aliphatic hydroxyl groups excluding tert-OH is 3. The van der Waals surface area contributed by atoms with Crippen molar-refractivity contribution in [3.05, 3.63) is 47.8 Å². The maximum Gasteiger partial charge on any atom is 0.305 e. The number of unbranched alkanes of at least 4 members (excludes halogenated alkanes) is 2. The fraction of sp³-hybridized carbons (Fsp3) is 0.538. The van der Waals surface area contributed by atoms with Crippen molar-refractivity contribution in [2.24, 2.45) is 0 Å². The summed E-state index contributed by atoms with van der Waals surface area (Å²) in [5.41, 5.74) is 3.36. The number of carbonyl (C=O) groups is 1. The van der Waals surface area contributed by atoms with E-state index in [-0.39, 0.29) is 12.4 Å². The fourth-order valence-corrected chi connectivity index (χ4v) is 3.69. The van der Waals surface area contributed by atoms with Crippen LogP contribution in [0.15, 0.2) is 36.7 Å². The van der Waals surface area contributed by atoms with Crippen LogP contribution in [0.25, 0.3) is 17.2 Å². The molecule has 0 radical (unpaired) electrons. The molecule has 0 aliphatic heterocycles. The number of aliphatic hydroxyl groups is 3. The topological polar surface area (TPSA) is 105 Å². The highest BCUT2D eigenvalue weighted by molar-refractivity contribution is 5.69. The van der Waals surface area contributed by atoms with Gasteiger partial charge in [0, 0.05) is 24.7 Å². The van der Waals surface area contributed by atoms with E-state index in [4.69, 9.17) is 0 Å². The van der Waals surface area contributed by atoms with E-state index >= 15 is 0 Å². The molecule has 3 atom stereocenters. The van der Waals surface area contributed by atoms with E-state index in [9.17, 15) is 20.1 Å². The molecule has 1 aromatic heterocycles. The highest BCUT2D eigenvalue weighted by Crippen LogP contribution is 2.29. The Kier molecular flexibility index (Phi) is 11.3. The molecule has 7 heteroatoms. The molecule has 33 heavy (non-hydrogen) atoms. The maximum atomic E-state index is 11.4. The Morgan fingerprint density at radius 1 is 1.12 bits per heavy atom. The minimum atomic E-state index is -0.988. The number of aromatic nitrogens is 2. The zero-order valence-corrected chi connectivity index (χ0v) is 20.0. The van der Waals surface area contributed by atoms with E-state index in [1.165, 1.54) is 7.11 Å². The molecule has 2 aromatic rings. The van der Waals surface area contributed by atoms with E-state index in [0.717, 1.165) is 42.5 Å². The first-order valence-corrected chi connectivity index (χ1v) is 11.9. The summed E-state index contributed by atoms with van der Waals surface area (Å²) in [6.07, 6.45) is 9.13. The number of methoxy groups -OCH3 is 1. The molecule has 0 fully saturated rings. The Bertz CT molecular complexity index is 893. The molecule has 182 valence electrons. The third-order valence-electron chi connectivity index (χ3n) is 5.79. The smallest absolute Gasteiger partial charge is 0.305 e. The van der Waals surface area contributed by atoms with Crippen molar-refractivity contribution in [3.63, 3.8) is 0 Å². The second kappa shape index (κ2) is 13.9. The molecule has 0 amide bonds. The molecule has 1 heterocycles. The third-order valence-corrected chi connectivity index (χ3v) is 5.79. The van der Waals surface area contributed by atoms with Crippen LogP contribution < -0.4 is 0 Å². The number of hydrogen-bond acceptors (Lipinski definition) is 6. The number of carbonyl (C=O) groups excluding carboxylic acids is 1. The molecular weight excluding hydrogens is 420 g/mol. The van der Waals surface area contributed by atoms with Gasteiger partial charge >= 0.3 is 5.97 Å². The number of ether oxygens (including phenoxy) is 1. The number of benzene rings is 1. The van der Waals surface area contributed by atoms with Crippen LogP contribution in [0.1, 0.15) is 76.0 Å². The zero-order valence-electron chi connectivity index (χ0n) is 20.0. The van der Waals surface area contributed by atoms with Crippen molar-refractivity contribution >= 4 is 12.0 Å². The molecule has 1 unspecified atom stereocenters. The van der Waals surface area contributed by atoms with E-state index in [0.29, 0.717) is 24.8 Å². The van der Waals surface area contributed by atoms with Crippen molar-refractivity contribution in [1.29, 1.82) is 0 Å². The Morgan fingerprint density at radius 3 is 2.58 bits per heavy atom. The van der Waals surface area contributed by atoms with Crippen molar-refractivity contribution in [2.75, 3.05) is 7.11 Å². The number of rotatable bonds is 14. The number of hydrogen-bond donors (Lipinski definition) is 3. The summed E-state index contributed by atoms with van der Waals surface area (Å²) in [7, 11) is 1.35. The normalized spacial score (nSPS) is 14.4. The van der Waals surface area contributed by atoms with Gasteiger partial charge in [0.1, 0.15) is 0 Å². The van der Waals surface area contributed by atoms with Gasteiger partial charge in [-0.25, -0.2) is 0 Å². The van der Waals surface area contributed by atoms with Crippen LogP contribution in [0.3, 0.4) is 0 Å². The maximum absolute atomic E-state index is 11.4. The van der Waals surface area contributed by atoms with Crippen molar-refractivity contribution in [2.45, 2.75) is 83.6 Å². The van der Waals surface area contributed by atoms with Gasteiger partial charge in [0.05, 0.1) is 31.6 Å². The number of esters is 1. The average molecular weight is 459 g/mol. The molecule has 3 N–H and O–H groups in total. The van der Waals surface area contributed by atoms with E-state index in [2.05, 4.69) is 16.8 Å². The van der Waals surface area contributed by atoms with Crippen LogP contribution in [-0.4, -0.2) is 50.4 Å². The first-order chi connectivity index (χ1) is 15.9.